The molecule has 1 atom stereocenters. The van der Waals surface area contributed by atoms with Crippen molar-refractivity contribution < 1.29 is 4.52 Å². The van der Waals surface area contributed by atoms with Crippen LogP contribution in [0.2, 0.25) is 0 Å². The molecule has 2 fully saturated rings. The number of rotatable bonds is 3. The van der Waals surface area contributed by atoms with E-state index in [1.54, 1.807) is 0 Å². The van der Waals surface area contributed by atoms with E-state index < -0.39 is 0 Å². The van der Waals surface area contributed by atoms with E-state index in [0.717, 1.165) is 11.7 Å². The smallest absolute Gasteiger partial charge is 0.229 e. The van der Waals surface area contributed by atoms with Gasteiger partial charge in [-0.1, -0.05) is 11.6 Å². The molecule has 1 N–H and O–H groups in total. The summed E-state index contributed by atoms with van der Waals surface area (Å²) in [5.74, 6) is 3.55. The molecule has 1 saturated carbocycles. The largest absolute Gasteiger partial charge is 0.339 e. The van der Waals surface area contributed by atoms with Gasteiger partial charge in [0.05, 0.1) is 5.25 Å². The fraction of sp³-hybridized carbons (Fsp3) is 0.857. The summed E-state index contributed by atoms with van der Waals surface area (Å²) in [6.45, 7) is 0. The first-order chi connectivity index (χ1) is 9.36. The molecule has 0 aromatic carbocycles. The second kappa shape index (κ2) is 6.27. The normalized spacial score (nSPS) is 32.4. The van der Waals surface area contributed by atoms with Crippen LogP contribution in [0.25, 0.3) is 0 Å². The minimum absolute atomic E-state index is 0.472. The van der Waals surface area contributed by atoms with Crippen LogP contribution in [0, 0.1) is 0 Å². The van der Waals surface area contributed by atoms with Crippen LogP contribution < -0.4 is 5.32 Å². The number of nitrogens with zero attached hydrogens (tertiary/aromatic N) is 2. The summed E-state index contributed by atoms with van der Waals surface area (Å²) >= 11 is 1.99. The fourth-order valence-corrected chi connectivity index (χ4v) is 4.35. The van der Waals surface area contributed by atoms with E-state index in [2.05, 4.69) is 22.5 Å². The molecular weight excluding hydrogens is 258 g/mol. The highest BCUT2D eigenvalue weighted by atomic mass is 32.2. The number of hydrogen-bond acceptors (Lipinski definition) is 5. The zero-order valence-corrected chi connectivity index (χ0v) is 12.4. The highest BCUT2D eigenvalue weighted by Crippen LogP contribution is 2.38. The molecule has 4 nitrogen and oxygen atoms in total. The van der Waals surface area contributed by atoms with E-state index in [9.17, 15) is 0 Å². The molecular formula is C14H23N3OS. The number of nitrogens with one attached hydrogen (secondary N) is 1. The van der Waals surface area contributed by atoms with Gasteiger partial charge in [0.2, 0.25) is 5.89 Å². The summed E-state index contributed by atoms with van der Waals surface area (Å²) in [6.07, 6.45) is 8.62. The summed E-state index contributed by atoms with van der Waals surface area (Å²) in [5.41, 5.74) is 0. The second-order valence-electron chi connectivity index (χ2n) is 5.68. The van der Waals surface area contributed by atoms with Gasteiger partial charge in [-0.25, -0.2) is 0 Å². The summed E-state index contributed by atoms with van der Waals surface area (Å²) in [7, 11) is 2.05. The molecule has 0 bridgehead atoms. The lowest BCUT2D eigenvalue weighted by atomic mass is 9.86. The van der Waals surface area contributed by atoms with Gasteiger partial charge >= 0.3 is 0 Å². The molecule has 5 heteroatoms. The monoisotopic (exact) mass is 281 g/mol. The average molecular weight is 281 g/mol. The summed E-state index contributed by atoms with van der Waals surface area (Å²) in [6, 6.07) is 0.674. The first-order valence-electron chi connectivity index (χ1n) is 7.49. The van der Waals surface area contributed by atoms with Gasteiger partial charge in [0.15, 0.2) is 5.82 Å². The maximum atomic E-state index is 5.53. The quantitative estimate of drug-likeness (QED) is 0.921. The SMILES string of the molecule is CNC1CCC(c2nc(C3CCCCS3)no2)CC1. The Morgan fingerprint density at radius 2 is 2.00 bits per heavy atom. The van der Waals surface area contributed by atoms with Crippen molar-refractivity contribution in [2.24, 2.45) is 0 Å². The lowest BCUT2D eigenvalue weighted by Gasteiger charge is -2.25. The van der Waals surface area contributed by atoms with E-state index >= 15 is 0 Å². The lowest BCUT2D eigenvalue weighted by Crippen LogP contribution is -2.29. The average Bonchev–Trinajstić information content (AvgIpc) is 2.98. The van der Waals surface area contributed by atoms with Crippen LogP contribution in [-0.4, -0.2) is 29.0 Å². The highest BCUT2D eigenvalue weighted by molar-refractivity contribution is 7.99. The molecule has 0 amide bonds. The number of aromatic nitrogens is 2. The van der Waals surface area contributed by atoms with Crippen LogP contribution in [0.3, 0.4) is 0 Å². The van der Waals surface area contributed by atoms with Crippen molar-refractivity contribution in [3.05, 3.63) is 11.7 Å². The molecule has 0 radical (unpaired) electrons. The van der Waals surface area contributed by atoms with Crippen LogP contribution in [0.4, 0.5) is 0 Å². The summed E-state index contributed by atoms with van der Waals surface area (Å²) in [5, 5.41) is 8.07. The van der Waals surface area contributed by atoms with Crippen molar-refractivity contribution in [2.45, 2.75) is 62.2 Å². The zero-order chi connectivity index (χ0) is 13.1. The molecule has 1 saturated heterocycles. The Kier molecular flexibility index (Phi) is 4.43. The van der Waals surface area contributed by atoms with Gasteiger partial charge in [-0.2, -0.15) is 16.7 Å². The Morgan fingerprint density at radius 1 is 1.16 bits per heavy atom. The molecule has 0 spiro atoms. The van der Waals surface area contributed by atoms with Crippen LogP contribution in [0.1, 0.15) is 67.8 Å². The van der Waals surface area contributed by atoms with Gasteiger partial charge in [0.1, 0.15) is 0 Å². The predicted molar refractivity (Wildman–Crippen MR) is 77.4 cm³/mol. The molecule has 19 heavy (non-hydrogen) atoms. The molecule has 1 aliphatic heterocycles. The Balaban J connectivity index is 1.61. The molecule has 1 aromatic heterocycles. The topological polar surface area (TPSA) is 51.0 Å². The van der Waals surface area contributed by atoms with Crippen molar-refractivity contribution in [1.29, 1.82) is 0 Å². The van der Waals surface area contributed by atoms with Crippen LogP contribution in [0.15, 0.2) is 4.52 Å². The zero-order valence-electron chi connectivity index (χ0n) is 11.6. The highest BCUT2D eigenvalue weighted by Gasteiger charge is 2.28. The molecule has 1 aromatic rings. The maximum Gasteiger partial charge on any atom is 0.229 e. The van der Waals surface area contributed by atoms with Gasteiger partial charge in [0.25, 0.3) is 0 Å². The van der Waals surface area contributed by atoms with Gasteiger partial charge in [-0.15, -0.1) is 0 Å². The standard InChI is InChI=1S/C14H23N3OS/c1-15-11-7-5-10(6-8-11)14-16-13(17-18-14)12-4-2-3-9-19-12/h10-12,15H,2-9H2,1H3. The number of thioether (sulfide) groups is 1. The molecule has 3 rings (SSSR count). The van der Waals surface area contributed by atoms with E-state index in [1.807, 2.05) is 11.8 Å². The lowest BCUT2D eigenvalue weighted by molar-refractivity contribution is 0.287. The molecule has 2 aliphatic rings. The second-order valence-corrected chi connectivity index (χ2v) is 6.99. The Hall–Kier alpha value is -0.550. The maximum absolute atomic E-state index is 5.53. The third kappa shape index (κ3) is 3.14. The van der Waals surface area contributed by atoms with Gasteiger partial charge < -0.3 is 9.84 Å². The molecule has 1 aliphatic carbocycles. The predicted octanol–water partition coefficient (Wildman–Crippen LogP) is 3.27. The number of hydrogen-bond donors (Lipinski definition) is 1. The van der Waals surface area contributed by atoms with Gasteiger partial charge in [0, 0.05) is 12.0 Å². The van der Waals surface area contributed by atoms with E-state index in [4.69, 9.17) is 4.52 Å². The first-order valence-corrected chi connectivity index (χ1v) is 8.54. The Bertz CT molecular complexity index is 395. The third-order valence-electron chi connectivity index (χ3n) is 4.41. The summed E-state index contributed by atoms with van der Waals surface area (Å²) < 4.78 is 5.53. The van der Waals surface area contributed by atoms with Crippen molar-refractivity contribution >= 4 is 11.8 Å². The minimum atomic E-state index is 0.472. The van der Waals surface area contributed by atoms with Crippen LogP contribution >= 0.6 is 11.8 Å². The Morgan fingerprint density at radius 3 is 2.68 bits per heavy atom. The third-order valence-corrected chi connectivity index (χ3v) is 5.78. The molecule has 106 valence electrons. The minimum Gasteiger partial charge on any atom is -0.339 e. The van der Waals surface area contributed by atoms with E-state index in [0.29, 0.717) is 17.2 Å². The van der Waals surface area contributed by atoms with Crippen molar-refractivity contribution in [3.8, 4) is 0 Å². The van der Waals surface area contributed by atoms with Crippen molar-refractivity contribution in [2.75, 3.05) is 12.8 Å². The van der Waals surface area contributed by atoms with Gasteiger partial charge in [-0.05, 0) is 51.3 Å². The Labute approximate surface area is 119 Å². The first kappa shape index (κ1) is 13.4. The van der Waals surface area contributed by atoms with Gasteiger partial charge in [-0.3, -0.25) is 0 Å². The van der Waals surface area contributed by atoms with Crippen LogP contribution in [0.5, 0.6) is 0 Å². The van der Waals surface area contributed by atoms with Crippen molar-refractivity contribution in [1.82, 2.24) is 15.5 Å². The van der Waals surface area contributed by atoms with E-state index in [-0.39, 0.29) is 0 Å². The fourth-order valence-electron chi connectivity index (χ4n) is 3.12. The molecule has 2 heterocycles. The van der Waals surface area contributed by atoms with E-state index in [1.165, 1.54) is 50.7 Å². The van der Waals surface area contributed by atoms with Crippen LogP contribution in [-0.2, 0) is 0 Å². The van der Waals surface area contributed by atoms with Crippen molar-refractivity contribution in [3.63, 3.8) is 0 Å². The summed E-state index contributed by atoms with van der Waals surface area (Å²) in [4.78, 5) is 4.69. The molecule has 1 unspecified atom stereocenters.